The van der Waals surface area contributed by atoms with E-state index in [9.17, 15) is 35.1 Å². The van der Waals surface area contributed by atoms with Gasteiger partial charge in [0, 0.05) is 23.1 Å². The quantitative estimate of drug-likeness (QED) is 0.438. The van der Waals surface area contributed by atoms with Crippen LogP contribution in [0.4, 0.5) is 0 Å². The van der Waals surface area contributed by atoms with Crippen LogP contribution in [-0.4, -0.2) is 42.7 Å². The Morgan fingerprint density at radius 2 is 1.74 bits per heavy atom. The van der Waals surface area contributed by atoms with Crippen molar-refractivity contribution in [3.8, 4) is 11.5 Å². The lowest BCUT2D eigenvalue weighted by atomic mass is 9.71. The highest BCUT2D eigenvalue weighted by molar-refractivity contribution is 6.30. The molecule has 3 atom stereocenters. The fourth-order valence-electron chi connectivity index (χ4n) is 4.08. The molecule has 0 unspecified atom stereocenters. The second-order valence-corrected chi connectivity index (χ2v) is 7.09. The molecule has 0 fully saturated rings. The van der Waals surface area contributed by atoms with Crippen molar-refractivity contribution in [2.24, 2.45) is 0 Å². The van der Waals surface area contributed by atoms with Gasteiger partial charge >= 0.3 is 0 Å². The second kappa shape index (κ2) is 5.63. The van der Waals surface area contributed by atoms with Crippen LogP contribution >= 0.6 is 0 Å². The van der Waals surface area contributed by atoms with E-state index in [-0.39, 0.29) is 52.0 Å². The number of hydrogen-bond donors (Lipinski definition) is 5. The molecule has 7 heteroatoms. The Morgan fingerprint density at radius 3 is 2.41 bits per heavy atom. The van der Waals surface area contributed by atoms with E-state index >= 15 is 0 Å². The molecule has 140 valence electrons. The molecule has 7 nitrogen and oxygen atoms in total. The predicted molar refractivity (Wildman–Crippen MR) is 92.9 cm³/mol. The van der Waals surface area contributed by atoms with Crippen LogP contribution in [0.2, 0.25) is 0 Å². The van der Waals surface area contributed by atoms with Crippen LogP contribution in [-0.2, 0) is 0 Å². The molecule has 0 aromatic heterocycles. The first kappa shape index (κ1) is 17.7. The zero-order chi connectivity index (χ0) is 19.7. The van der Waals surface area contributed by atoms with E-state index in [0.717, 1.165) is 0 Å². The number of aromatic hydroxyl groups is 2. The molecule has 0 bridgehead atoms. The average molecular weight is 370 g/mol. The van der Waals surface area contributed by atoms with Gasteiger partial charge in [-0.2, -0.15) is 0 Å². The number of hydrogen-bond acceptors (Lipinski definition) is 7. The Labute approximate surface area is 154 Å². The molecule has 2 aromatic rings. The number of ketones is 2. The van der Waals surface area contributed by atoms with Gasteiger partial charge in [-0.3, -0.25) is 9.59 Å². The highest BCUT2D eigenvalue weighted by atomic mass is 16.3. The van der Waals surface area contributed by atoms with Crippen LogP contribution in [0.3, 0.4) is 0 Å². The summed E-state index contributed by atoms with van der Waals surface area (Å²) in [6, 6.07) is 5.31. The summed E-state index contributed by atoms with van der Waals surface area (Å²) in [6.45, 7) is 1.63. The van der Waals surface area contributed by atoms with Crippen LogP contribution in [0.1, 0.15) is 74.9 Å². The number of fused-ring (bicyclic) bond motifs is 3. The molecule has 0 spiro atoms. The third kappa shape index (κ3) is 2.19. The first-order valence-electron chi connectivity index (χ1n) is 8.61. The zero-order valence-electron chi connectivity index (χ0n) is 14.4. The number of phenolic OH excluding ortho intramolecular Hbond substituents is 2. The molecule has 2 aliphatic carbocycles. The van der Waals surface area contributed by atoms with E-state index in [1.807, 2.05) is 0 Å². The molecule has 4 rings (SSSR count). The van der Waals surface area contributed by atoms with Gasteiger partial charge in [0.05, 0.1) is 22.8 Å². The molecular weight excluding hydrogens is 352 g/mol. The summed E-state index contributed by atoms with van der Waals surface area (Å²) < 4.78 is 0. The van der Waals surface area contributed by atoms with Crippen molar-refractivity contribution >= 4 is 11.6 Å². The highest BCUT2D eigenvalue weighted by Gasteiger charge is 2.47. The van der Waals surface area contributed by atoms with Gasteiger partial charge in [0.15, 0.2) is 11.6 Å². The van der Waals surface area contributed by atoms with E-state index in [4.69, 9.17) is 0 Å². The van der Waals surface area contributed by atoms with Crippen LogP contribution in [0.15, 0.2) is 24.3 Å². The van der Waals surface area contributed by atoms with Crippen molar-refractivity contribution in [2.45, 2.75) is 37.6 Å². The van der Waals surface area contributed by atoms with Gasteiger partial charge in [0.25, 0.3) is 0 Å². The Bertz CT molecular complexity index is 1010. The Balaban J connectivity index is 2.02. The number of aliphatic hydroxyl groups is 3. The van der Waals surface area contributed by atoms with Gasteiger partial charge < -0.3 is 25.5 Å². The molecule has 2 aromatic carbocycles. The standard InChI is InChI=1S/C20H18O7/c1-2-20(27)7-12(22)9-6-10-14(18(25)15(9)19(20)26)16(23)8-4-3-5-11(21)13(8)17(10)24/h3-6,12,19,21-22,25-27H,2,7H2,1H3/t12-,19+,20+/m0/s1. The number of benzene rings is 2. The zero-order valence-corrected chi connectivity index (χ0v) is 14.4. The summed E-state index contributed by atoms with van der Waals surface area (Å²) in [5.74, 6) is -2.32. The lowest BCUT2D eigenvalue weighted by Crippen LogP contribution is -2.42. The van der Waals surface area contributed by atoms with Crippen molar-refractivity contribution in [3.63, 3.8) is 0 Å². The Hall–Kier alpha value is -2.74. The topological polar surface area (TPSA) is 135 Å². The number of aliphatic hydroxyl groups excluding tert-OH is 2. The number of carbonyl (C=O) groups excluding carboxylic acids is 2. The van der Waals surface area contributed by atoms with E-state index in [1.165, 1.54) is 24.3 Å². The summed E-state index contributed by atoms with van der Waals surface area (Å²) in [7, 11) is 0. The van der Waals surface area contributed by atoms with Gasteiger partial charge in [0.2, 0.25) is 0 Å². The number of rotatable bonds is 1. The summed E-state index contributed by atoms with van der Waals surface area (Å²) in [5, 5.41) is 52.4. The monoisotopic (exact) mass is 370 g/mol. The fraction of sp³-hybridized carbons (Fsp3) is 0.300. The molecule has 0 amide bonds. The number of carbonyl (C=O) groups is 2. The van der Waals surface area contributed by atoms with Crippen LogP contribution < -0.4 is 0 Å². The van der Waals surface area contributed by atoms with Crippen molar-refractivity contribution in [2.75, 3.05) is 0 Å². The van der Waals surface area contributed by atoms with E-state index < -0.39 is 35.1 Å². The van der Waals surface area contributed by atoms with Gasteiger partial charge in [-0.05, 0) is 24.1 Å². The van der Waals surface area contributed by atoms with Crippen molar-refractivity contribution < 1.29 is 35.1 Å². The SMILES string of the molecule is CC[C@@]1(O)C[C@H](O)c2cc3c(c(O)c2[C@H]1O)C(=O)c1cccc(O)c1C3=O. The van der Waals surface area contributed by atoms with E-state index in [2.05, 4.69) is 0 Å². The van der Waals surface area contributed by atoms with Gasteiger partial charge in [-0.25, -0.2) is 0 Å². The van der Waals surface area contributed by atoms with E-state index in [0.29, 0.717) is 0 Å². The summed E-state index contributed by atoms with van der Waals surface area (Å²) in [5.41, 5.74) is -2.42. The molecule has 0 saturated heterocycles. The van der Waals surface area contributed by atoms with E-state index in [1.54, 1.807) is 6.92 Å². The minimum atomic E-state index is -1.67. The minimum absolute atomic E-state index is 0.0562. The highest BCUT2D eigenvalue weighted by Crippen LogP contribution is 2.50. The summed E-state index contributed by atoms with van der Waals surface area (Å²) >= 11 is 0. The molecule has 27 heavy (non-hydrogen) atoms. The molecular formula is C20H18O7. The Kier molecular flexibility index (Phi) is 3.68. The maximum absolute atomic E-state index is 12.9. The van der Waals surface area contributed by atoms with Gasteiger partial charge in [0.1, 0.15) is 17.6 Å². The molecule has 2 aliphatic rings. The number of phenols is 2. The van der Waals surface area contributed by atoms with Crippen molar-refractivity contribution in [3.05, 3.63) is 57.6 Å². The first-order chi connectivity index (χ1) is 12.7. The maximum Gasteiger partial charge on any atom is 0.198 e. The van der Waals surface area contributed by atoms with Crippen molar-refractivity contribution in [1.82, 2.24) is 0 Å². The van der Waals surface area contributed by atoms with Gasteiger partial charge in [-0.15, -0.1) is 0 Å². The smallest absolute Gasteiger partial charge is 0.198 e. The fourth-order valence-corrected chi connectivity index (χ4v) is 4.08. The third-order valence-electron chi connectivity index (χ3n) is 5.66. The molecule has 0 saturated carbocycles. The maximum atomic E-state index is 12.9. The molecule has 0 heterocycles. The summed E-state index contributed by atoms with van der Waals surface area (Å²) in [6.07, 6.45) is -2.83. The molecule has 0 aliphatic heterocycles. The van der Waals surface area contributed by atoms with Crippen LogP contribution in [0.25, 0.3) is 0 Å². The lowest BCUT2D eigenvalue weighted by molar-refractivity contribution is -0.117. The normalized spacial score (nSPS) is 26.4. The minimum Gasteiger partial charge on any atom is -0.507 e. The first-order valence-corrected chi connectivity index (χ1v) is 8.61. The Morgan fingerprint density at radius 1 is 1.07 bits per heavy atom. The second-order valence-electron chi connectivity index (χ2n) is 7.09. The van der Waals surface area contributed by atoms with Crippen LogP contribution in [0, 0.1) is 0 Å². The van der Waals surface area contributed by atoms with Gasteiger partial charge in [-0.1, -0.05) is 19.1 Å². The predicted octanol–water partition coefficient (Wildman–Crippen LogP) is 1.48. The molecule has 0 radical (unpaired) electrons. The summed E-state index contributed by atoms with van der Waals surface area (Å²) in [4.78, 5) is 25.8. The average Bonchev–Trinajstić information content (AvgIpc) is 2.63. The largest absolute Gasteiger partial charge is 0.507 e. The van der Waals surface area contributed by atoms with Crippen molar-refractivity contribution in [1.29, 1.82) is 0 Å². The lowest BCUT2D eigenvalue weighted by Gasteiger charge is -2.41. The van der Waals surface area contributed by atoms with Crippen LogP contribution in [0.5, 0.6) is 11.5 Å². The third-order valence-corrected chi connectivity index (χ3v) is 5.66. The molecule has 5 N–H and O–H groups in total.